The van der Waals surface area contributed by atoms with E-state index in [0.717, 1.165) is 0 Å². The lowest BCUT2D eigenvalue weighted by atomic mass is 10.8. The molecule has 0 aromatic heterocycles. The van der Waals surface area contributed by atoms with E-state index in [1.165, 1.54) is 6.19 Å². The Balaban J connectivity index is 4.18. The Bertz CT molecular complexity index is 208. The number of amidine groups is 1. The molecule has 0 unspecified atom stereocenters. The minimum Gasteiger partial charge on any atom is -0.461 e. The average Bonchev–Trinajstić information content (AvgIpc) is 1.88. The van der Waals surface area contributed by atoms with Gasteiger partial charge in [-0.05, 0) is 6.92 Å². The molecule has 0 atom stereocenters. The first-order valence-corrected chi connectivity index (χ1v) is 2.69. The first kappa shape index (κ1) is 9.16. The SMILES string of the molecule is CCOC(=N)N(C#N)[N+](=O)[O-]. The summed E-state index contributed by atoms with van der Waals surface area (Å²) in [4.78, 5) is 9.93. The molecule has 1 N–H and O–H groups in total. The quantitative estimate of drug-likeness (QED) is 0.151. The molecule has 60 valence electrons. The van der Waals surface area contributed by atoms with E-state index < -0.39 is 11.1 Å². The van der Waals surface area contributed by atoms with Crippen LogP contribution in [0.3, 0.4) is 0 Å². The van der Waals surface area contributed by atoms with Crippen molar-refractivity contribution in [1.29, 1.82) is 10.7 Å². The fourth-order valence-corrected chi connectivity index (χ4v) is 0.354. The van der Waals surface area contributed by atoms with Crippen LogP contribution in [0.15, 0.2) is 0 Å². The Morgan fingerprint density at radius 2 is 2.55 bits per heavy atom. The molecule has 0 aliphatic rings. The summed E-state index contributed by atoms with van der Waals surface area (Å²) in [5.74, 6) is 0. The highest BCUT2D eigenvalue weighted by atomic mass is 16.7. The third-order valence-corrected chi connectivity index (χ3v) is 0.731. The molecule has 0 bridgehead atoms. The highest BCUT2D eigenvalue weighted by molar-refractivity contribution is 5.70. The molecule has 0 saturated heterocycles. The first-order chi connectivity index (χ1) is 5.13. The van der Waals surface area contributed by atoms with Gasteiger partial charge in [0.25, 0.3) is 6.19 Å². The van der Waals surface area contributed by atoms with Crippen molar-refractivity contribution in [2.75, 3.05) is 6.61 Å². The van der Waals surface area contributed by atoms with Gasteiger partial charge in [-0.1, -0.05) is 0 Å². The third kappa shape index (κ3) is 2.49. The van der Waals surface area contributed by atoms with Crippen molar-refractivity contribution < 1.29 is 9.77 Å². The van der Waals surface area contributed by atoms with Gasteiger partial charge in [-0.3, -0.25) is 0 Å². The largest absolute Gasteiger partial charge is 0.461 e. The number of nitriles is 1. The van der Waals surface area contributed by atoms with Gasteiger partial charge in [0, 0.05) is 0 Å². The Hall–Kier alpha value is -1.84. The van der Waals surface area contributed by atoms with E-state index in [1.807, 2.05) is 0 Å². The average molecular weight is 158 g/mol. The summed E-state index contributed by atoms with van der Waals surface area (Å²) in [5.41, 5.74) is 0. The smallest absolute Gasteiger partial charge is 0.363 e. The van der Waals surface area contributed by atoms with Gasteiger partial charge in [0.1, 0.15) is 0 Å². The third-order valence-electron chi connectivity index (χ3n) is 0.731. The molecule has 0 aromatic rings. The van der Waals surface area contributed by atoms with Gasteiger partial charge >= 0.3 is 6.02 Å². The van der Waals surface area contributed by atoms with E-state index in [1.54, 1.807) is 6.92 Å². The van der Waals surface area contributed by atoms with Crippen LogP contribution in [-0.2, 0) is 4.74 Å². The van der Waals surface area contributed by atoms with Crippen LogP contribution < -0.4 is 0 Å². The Morgan fingerprint density at radius 3 is 2.82 bits per heavy atom. The molecule has 0 fully saturated rings. The zero-order valence-electron chi connectivity index (χ0n) is 5.77. The Morgan fingerprint density at radius 1 is 2.00 bits per heavy atom. The molecule has 0 heterocycles. The molecule has 0 aliphatic heterocycles. The van der Waals surface area contributed by atoms with Crippen LogP contribution in [0.4, 0.5) is 0 Å². The molecule has 7 nitrogen and oxygen atoms in total. The van der Waals surface area contributed by atoms with Crippen molar-refractivity contribution >= 4 is 6.02 Å². The van der Waals surface area contributed by atoms with Gasteiger partial charge in [0.15, 0.2) is 5.03 Å². The van der Waals surface area contributed by atoms with Crippen molar-refractivity contribution in [2.45, 2.75) is 6.92 Å². The first-order valence-electron chi connectivity index (χ1n) is 2.69. The van der Waals surface area contributed by atoms with Crippen LogP contribution in [0.2, 0.25) is 0 Å². The molecule has 0 radical (unpaired) electrons. The summed E-state index contributed by atoms with van der Waals surface area (Å²) in [7, 11) is 0. The summed E-state index contributed by atoms with van der Waals surface area (Å²) in [6, 6.07) is -0.778. The summed E-state index contributed by atoms with van der Waals surface area (Å²) in [6.07, 6.45) is 1.17. The molecule has 11 heavy (non-hydrogen) atoms. The number of nitrogens with one attached hydrogen (secondary N) is 1. The standard InChI is InChI=1S/C4H6N4O3/c1-2-11-4(6)7(3-5)8(9)10/h6H,2H2,1H3. The van der Waals surface area contributed by atoms with Gasteiger partial charge in [0.05, 0.1) is 11.6 Å². The maximum absolute atomic E-state index is 9.93. The van der Waals surface area contributed by atoms with Gasteiger partial charge in [0.2, 0.25) is 0 Å². The van der Waals surface area contributed by atoms with Crippen LogP contribution in [0.25, 0.3) is 0 Å². The minimum atomic E-state index is -1.03. The molecule has 0 spiro atoms. The zero-order valence-corrected chi connectivity index (χ0v) is 5.77. The molecule has 0 amide bonds. The zero-order chi connectivity index (χ0) is 8.85. The van der Waals surface area contributed by atoms with Gasteiger partial charge in [-0.25, -0.2) is 15.5 Å². The molecular formula is C4H6N4O3. The lowest BCUT2D eigenvalue weighted by Gasteiger charge is -2.04. The maximum Gasteiger partial charge on any atom is 0.363 e. The lowest BCUT2D eigenvalue weighted by Crippen LogP contribution is -2.32. The van der Waals surface area contributed by atoms with Crippen molar-refractivity contribution in [3.05, 3.63) is 10.1 Å². The van der Waals surface area contributed by atoms with Gasteiger partial charge in [-0.15, -0.1) is 0 Å². The molecule has 0 aromatic carbocycles. The van der Waals surface area contributed by atoms with E-state index >= 15 is 0 Å². The molecular weight excluding hydrogens is 152 g/mol. The summed E-state index contributed by atoms with van der Waals surface area (Å²) < 4.78 is 4.40. The van der Waals surface area contributed by atoms with Crippen LogP contribution in [0.5, 0.6) is 0 Å². The minimum absolute atomic E-state index is 0.0660. The molecule has 0 aliphatic carbocycles. The summed E-state index contributed by atoms with van der Waals surface area (Å²) in [6.45, 7) is 1.68. The Labute approximate surface area is 62.4 Å². The fourth-order valence-electron chi connectivity index (χ4n) is 0.354. The number of hydrogen-bond acceptors (Lipinski definition) is 5. The van der Waals surface area contributed by atoms with Crippen molar-refractivity contribution in [1.82, 2.24) is 5.01 Å². The fraction of sp³-hybridized carbons (Fsp3) is 0.500. The predicted octanol–water partition coefficient (Wildman–Crippen LogP) is -0.0676. The number of rotatable bonds is 2. The van der Waals surface area contributed by atoms with Crippen molar-refractivity contribution in [2.24, 2.45) is 0 Å². The van der Waals surface area contributed by atoms with Crippen LogP contribution in [-0.4, -0.2) is 22.7 Å². The van der Waals surface area contributed by atoms with E-state index in [-0.39, 0.29) is 11.6 Å². The monoisotopic (exact) mass is 158 g/mol. The number of hydrogen-bond donors (Lipinski definition) is 1. The normalized spacial score (nSPS) is 8.00. The molecule has 0 rings (SSSR count). The summed E-state index contributed by atoms with van der Waals surface area (Å²) in [5, 5.41) is 23.8. The highest BCUT2D eigenvalue weighted by Crippen LogP contribution is 1.89. The second-order valence-corrected chi connectivity index (χ2v) is 1.39. The van der Waals surface area contributed by atoms with Crippen molar-refractivity contribution in [3.8, 4) is 6.19 Å². The van der Waals surface area contributed by atoms with Crippen LogP contribution >= 0.6 is 0 Å². The number of nitrogens with zero attached hydrogens (tertiary/aromatic N) is 3. The van der Waals surface area contributed by atoms with Gasteiger partial charge < -0.3 is 4.74 Å². The van der Waals surface area contributed by atoms with E-state index in [4.69, 9.17) is 10.7 Å². The topological polar surface area (TPSA) is 103 Å². The second-order valence-electron chi connectivity index (χ2n) is 1.39. The number of ether oxygens (including phenoxy) is 1. The lowest BCUT2D eigenvalue weighted by molar-refractivity contribution is -0.613. The highest BCUT2D eigenvalue weighted by Gasteiger charge is 2.21. The second kappa shape index (κ2) is 4.05. The maximum atomic E-state index is 9.93. The predicted molar refractivity (Wildman–Crippen MR) is 33.8 cm³/mol. The number of hydrazine groups is 1. The molecule has 7 heteroatoms. The molecule has 0 saturated carbocycles. The summed E-state index contributed by atoms with van der Waals surface area (Å²) >= 11 is 0. The number of nitro groups is 1. The van der Waals surface area contributed by atoms with E-state index in [0.29, 0.717) is 0 Å². The van der Waals surface area contributed by atoms with E-state index in [9.17, 15) is 10.1 Å². The van der Waals surface area contributed by atoms with Crippen LogP contribution in [0, 0.1) is 27.0 Å². The Kier molecular flexibility index (Phi) is 3.37. The van der Waals surface area contributed by atoms with Gasteiger partial charge in [-0.2, -0.15) is 5.26 Å². The van der Waals surface area contributed by atoms with Crippen LogP contribution in [0.1, 0.15) is 6.92 Å². The van der Waals surface area contributed by atoms with E-state index in [2.05, 4.69) is 4.74 Å². The van der Waals surface area contributed by atoms with Crippen molar-refractivity contribution in [3.63, 3.8) is 0 Å².